The Labute approximate surface area is 144 Å². The molecule has 2 aromatic carbocycles. The first kappa shape index (κ1) is 15.0. The molecule has 3 aromatic rings. The minimum absolute atomic E-state index is 0.384. The van der Waals surface area contributed by atoms with Gasteiger partial charge in [0, 0.05) is 34.4 Å². The number of Topliss-reactive ketones (excluding diaryl/α,β-unsaturated/α-hetero) is 1. The number of fused-ring (bicyclic) bond motifs is 2. The molecule has 4 nitrogen and oxygen atoms in total. The summed E-state index contributed by atoms with van der Waals surface area (Å²) in [4.78, 5) is 30.2. The Morgan fingerprint density at radius 2 is 1.96 bits per heavy atom. The standard InChI is InChI=1S/C19H15ClN2O2/c20-13-7-8-14-15(11-21-16(14)10-13)18(23)19(24)22-9-3-5-12-4-1-2-6-17(12)22/h1-2,4,6-8,10-11,21H,3,5,9H2. The second-order valence-electron chi connectivity index (χ2n) is 5.91. The Bertz CT molecular complexity index is 961. The van der Waals surface area contributed by atoms with Crippen LogP contribution in [0.4, 0.5) is 5.69 Å². The largest absolute Gasteiger partial charge is 0.360 e. The van der Waals surface area contributed by atoms with Gasteiger partial charge in [-0.2, -0.15) is 0 Å². The number of nitrogens with zero attached hydrogens (tertiary/aromatic N) is 1. The SMILES string of the molecule is O=C(C(=O)N1CCCc2ccccc21)c1c[nH]c2cc(Cl)ccc12. The van der Waals surface area contributed by atoms with Gasteiger partial charge in [0.05, 0.1) is 5.56 Å². The van der Waals surface area contributed by atoms with Crippen molar-refractivity contribution in [3.8, 4) is 0 Å². The van der Waals surface area contributed by atoms with Crippen molar-refractivity contribution >= 4 is 39.9 Å². The zero-order valence-corrected chi connectivity index (χ0v) is 13.6. The van der Waals surface area contributed by atoms with Gasteiger partial charge in [-0.3, -0.25) is 9.59 Å². The van der Waals surface area contributed by atoms with Crippen LogP contribution >= 0.6 is 11.6 Å². The molecule has 0 radical (unpaired) electrons. The van der Waals surface area contributed by atoms with Crippen LogP contribution in [0.25, 0.3) is 10.9 Å². The van der Waals surface area contributed by atoms with Gasteiger partial charge in [-0.05, 0) is 36.6 Å². The highest BCUT2D eigenvalue weighted by molar-refractivity contribution is 6.49. The highest BCUT2D eigenvalue weighted by Crippen LogP contribution is 2.28. The van der Waals surface area contributed by atoms with Gasteiger partial charge in [0.2, 0.25) is 0 Å². The van der Waals surface area contributed by atoms with E-state index in [9.17, 15) is 9.59 Å². The molecule has 0 saturated heterocycles. The molecule has 1 amide bonds. The van der Waals surface area contributed by atoms with Crippen LogP contribution in [-0.4, -0.2) is 23.2 Å². The predicted octanol–water partition coefficient (Wildman–Crippen LogP) is 3.98. The van der Waals surface area contributed by atoms with Crippen LogP contribution in [0.5, 0.6) is 0 Å². The van der Waals surface area contributed by atoms with E-state index < -0.39 is 11.7 Å². The lowest BCUT2D eigenvalue weighted by atomic mass is 10.0. The summed E-state index contributed by atoms with van der Waals surface area (Å²) in [6.07, 6.45) is 3.37. The average Bonchev–Trinajstić information content (AvgIpc) is 3.03. The number of hydrogen-bond acceptors (Lipinski definition) is 2. The number of benzene rings is 2. The number of para-hydroxylation sites is 1. The second kappa shape index (κ2) is 5.80. The van der Waals surface area contributed by atoms with Crippen molar-refractivity contribution in [3.05, 3.63) is 64.8 Å². The van der Waals surface area contributed by atoms with Crippen LogP contribution in [0.3, 0.4) is 0 Å². The summed E-state index contributed by atoms with van der Waals surface area (Å²) in [5, 5.41) is 1.29. The molecule has 120 valence electrons. The minimum Gasteiger partial charge on any atom is -0.360 e. The molecular formula is C19H15ClN2O2. The van der Waals surface area contributed by atoms with Gasteiger partial charge in [0.1, 0.15) is 0 Å². The van der Waals surface area contributed by atoms with Crippen LogP contribution in [0.1, 0.15) is 22.3 Å². The number of amides is 1. The van der Waals surface area contributed by atoms with Gasteiger partial charge >= 0.3 is 0 Å². The Morgan fingerprint density at radius 3 is 2.83 bits per heavy atom. The number of aromatic amines is 1. The molecular weight excluding hydrogens is 324 g/mol. The molecule has 2 heterocycles. The molecule has 1 aliphatic rings. The smallest absolute Gasteiger partial charge is 0.299 e. The summed E-state index contributed by atoms with van der Waals surface area (Å²) >= 11 is 5.97. The molecule has 1 aliphatic heterocycles. The van der Waals surface area contributed by atoms with Crippen molar-refractivity contribution in [1.82, 2.24) is 4.98 Å². The van der Waals surface area contributed by atoms with E-state index in [4.69, 9.17) is 11.6 Å². The third-order valence-electron chi connectivity index (χ3n) is 4.44. The molecule has 5 heteroatoms. The summed E-state index contributed by atoms with van der Waals surface area (Å²) in [7, 11) is 0. The highest BCUT2D eigenvalue weighted by atomic mass is 35.5. The number of rotatable bonds is 2. The molecule has 0 unspecified atom stereocenters. The van der Waals surface area contributed by atoms with E-state index in [0.29, 0.717) is 22.5 Å². The van der Waals surface area contributed by atoms with Crippen molar-refractivity contribution < 1.29 is 9.59 Å². The van der Waals surface area contributed by atoms with Crippen LogP contribution in [0.2, 0.25) is 5.02 Å². The van der Waals surface area contributed by atoms with Gasteiger partial charge < -0.3 is 9.88 Å². The maximum atomic E-state index is 12.8. The maximum absolute atomic E-state index is 12.8. The first-order valence-corrected chi connectivity index (χ1v) is 8.23. The van der Waals surface area contributed by atoms with Crippen LogP contribution in [0, 0.1) is 0 Å². The Hall–Kier alpha value is -2.59. The summed E-state index contributed by atoms with van der Waals surface area (Å²) in [5.74, 6) is -0.988. The molecule has 1 N–H and O–H groups in total. The molecule has 0 spiro atoms. The number of H-pyrrole nitrogens is 1. The van der Waals surface area contributed by atoms with E-state index in [0.717, 1.165) is 29.6 Å². The molecule has 0 bridgehead atoms. The van der Waals surface area contributed by atoms with Crippen molar-refractivity contribution in [2.45, 2.75) is 12.8 Å². The van der Waals surface area contributed by atoms with E-state index in [1.807, 2.05) is 24.3 Å². The number of anilines is 1. The van der Waals surface area contributed by atoms with E-state index >= 15 is 0 Å². The number of aryl methyl sites for hydroxylation is 1. The molecule has 4 rings (SSSR count). The third-order valence-corrected chi connectivity index (χ3v) is 4.67. The number of halogens is 1. The summed E-state index contributed by atoms with van der Waals surface area (Å²) in [5.41, 5.74) is 3.08. The summed E-state index contributed by atoms with van der Waals surface area (Å²) in [6, 6.07) is 13.0. The maximum Gasteiger partial charge on any atom is 0.299 e. The summed E-state index contributed by atoms with van der Waals surface area (Å²) < 4.78 is 0. The van der Waals surface area contributed by atoms with Gasteiger partial charge in [-0.15, -0.1) is 0 Å². The Morgan fingerprint density at radius 1 is 1.12 bits per heavy atom. The lowest BCUT2D eigenvalue weighted by Gasteiger charge is -2.28. The second-order valence-corrected chi connectivity index (χ2v) is 6.35. The average molecular weight is 339 g/mol. The first-order chi connectivity index (χ1) is 11.6. The van der Waals surface area contributed by atoms with E-state index in [2.05, 4.69) is 4.98 Å². The fourth-order valence-corrected chi connectivity index (χ4v) is 3.44. The van der Waals surface area contributed by atoms with Crippen LogP contribution < -0.4 is 4.90 Å². The quantitative estimate of drug-likeness (QED) is 0.567. The Balaban J connectivity index is 1.71. The monoisotopic (exact) mass is 338 g/mol. The molecule has 0 fully saturated rings. The van der Waals surface area contributed by atoms with Crippen molar-refractivity contribution in [3.63, 3.8) is 0 Å². The predicted molar refractivity (Wildman–Crippen MR) is 94.8 cm³/mol. The minimum atomic E-state index is -0.500. The first-order valence-electron chi connectivity index (χ1n) is 7.86. The Kier molecular flexibility index (Phi) is 3.62. The topological polar surface area (TPSA) is 53.2 Å². The highest BCUT2D eigenvalue weighted by Gasteiger charge is 2.29. The molecule has 0 saturated carbocycles. The zero-order chi connectivity index (χ0) is 16.7. The van der Waals surface area contributed by atoms with Crippen molar-refractivity contribution in [2.75, 3.05) is 11.4 Å². The normalized spacial score (nSPS) is 13.8. The molecule has 1 aromatic heterocycles. The number of nitrogens with one attached hydrogen (secondary N) is 1. The number of ketones is 1. The van der Waals surface area contributed by atoms with Gasteiger partial charge in [0.15, 0.2) is 0 Å². The van der Waals surface area contributed by atoms with Crippen LogP contribution in [0.15, 0.2) is 48.7 Å². The van der Waals surface area contributed by atoms with Gasteiger partial charge in [0.25, 0.3) is 11.7 Å². The molecule has 0 atom stereocenters. The third kappa shape index (κ3) is 2.39. The van der Waals surface area contributed by atoms with Crippen LogP contribution in [-0.2, 0) is 11.2 Å². The van der Waals surface area contributed by atoms with Gasteiger partial charge in [-0.1, -0.05) is 35.9 Å². The number of hydrogen-bond donors (Lipinski definition) is 1. The molecule has 0 aliphatic carbocycles. The van der Waals surface area contributed by atoms with Gasteiger partial charge in [-0.25, -0.2) is 0 Å². The zero-order valence-electron chi connectivity index (χ0n) is 12.9. The van der Waals surface area contributed by atoms with E-state index in [1.54, 1.807) is 29.3 Å². The molecule has 24 heavy (non-hydrogen) atoms. The fraction of sp³-hybridized carbons (Fsp3) is 0.158. The van der Waals surface area contributed by atoms with Crippen molar-refractivity contribution in [1.29, 1.82) is 0 Å². The number of carbonyl (C=O) groups excluding carboxylic acids is 2. The summed E-state index contributed by atoms with van der Waals surface area (Å²) in [6.45, 7) is 0.565. The fourth-order valence-electron chi connectivity index (χ4n) is 3.27. The lowest BCUT2D eigenvalue weighted by Crippen LogP contribution is -2.40. The van der Waals surface area contributed by atoms with E-state index in [1.165, 1.54) is 0 Å². The lowest BCUT2D eigenvalue weighted by molar-refractivity contribution is -0.114. The van der Waals surface area contributed by atoms with Crippen molar-refractivity contribution in [2.24, 2.45) is 0 Å². The number of aromatic nitrogens is 1. The number of carbonyl (C=O) groups is 2. The van der Waals surface area contributed by atoms with E-state index in [-0.39, 0.29) is 0 Å².